The minimum Gasteiger partial charge on any atom is -0.481 e. The number of carbonyl (C=O) groups is 1. The SMILES string of the molecule is CCC1(C(=O)O)CC1C(C)C. The first-order valence-electron chi connectivity index (χ1n) is 4.28. The first kappa shape index (κ1) is 8.57. The van der Waals surface area contributed by atoms with Gasteiger partial charge < -0.3 is 5.11 Å². The first-order valence-corrected chi connectivity index (χ1v) is 4.28. The maximum Gasteiger partial charge on any atom is 0.309 e. The van der Waals surface area contributed by atoms with Crippen LogP contribution in [0.25, 0.3) is 0 Å². The Morgan fingerprint density at radius 3 is 2.36 bits per heavy atom. The molecule has 2 nitrogen and oxygen atoms in total. The van der Waals surface area contributed by atoms with E-state index in [1.54, 1.807) is 0 Å². The molecule has 1 aliphatic rings. The summed E-state index contributed by atoms with van der Waals surface area (Å²) in [7, 11) is 0. The molecule has 0 amide bonds. The van der Waals surface area contributed by atoms with Crippen LogP contribution in [0.4, 0.5) is 0 Å². The van der Waals surface area contributed by atoms with Gasteiger partial charge in [0.15, 0.2) is 0 Å². The van der Waals surface area contributed by atoms with Crippen LogP contribution in [-0.2, 0) is 4.79 Å². The fraction of sp³-hybridized carbons (Fsp3) is 0.889. The molecule has 1 aliphatic carbocycles. The molecule has 0 aromatic rings. The smallest absolute Gasteiger partial charge is 0.309 e. The third-order valence-corrected chi connectivity index (χ3v) is 3.00. The molecule has 1 fully saturated rings. The largest absolute Gasteiger partial charge is 0.481 e. The maximum absolute atomic E-state index is 10.8. The Bertz CT molecular complexity index is 174. The standard InChI is InChI=1S/C9H16O2/c1-4-9(8(10)11)5-7(9)6(2)3/h6-7H,4-5H2,1-3H3,(H,10,11). The number of carboxylic acids is 1. The molecule has 1 N–H and O–H groups in total. The van der Waals surface area contributed by atoms with Crippen LogP contribution in [0.3, 0.4) is 0 Å². The van der Waals surface area contributed by atoms with Crippen molar-refractivity contribution in [2.75, 3.05) is 0 Å². The van der Waals surface area contributed by atoms with Gasteiger partial charge in [0.1, 0.15) is 0 Å². The molecule has 1 saturated carbocycles. The average Bonchev–Trinajstić information content (AvgIpc) is 2.62. The Morgan fingerprint density at radius 1 is 1.73 bits per heavy atom. The van der Waals surface area contributed by atoms with E-state index in [0.717, 1.165) is 12.8 Å². The molecule has 0 aliphatic heterocycles. The van der Waals surface area contributed by atoms with Crippen molar-refractivity contribution in [3.05, 3.63) is 0 Å². The van der Waals surface area contributed by atoms with Gasteiger partial charge >= 0.3 is 5.97 Å². The minimum atomic E-state index is -0.598. The van der Waals surface area contributed by atoms with Crippen LogP contribution >= 0.6 is 0 Å². The number of hydrogen-bond donors (Lipinski definition) is 1. The second kappa shape index (κ2) is 2.50. The van der Waals surface area contributed by atoms with Crippen molar-refractivity contribution in [2.45, 2.75) is 33.6 Å². The lowest BCUT2D eigenvalue weighted by molar-refractivity contribution is -0.144. The normalized spacial score (nSPS) is 35.8. The van der Waals surface area contributed by atoms with E-state index in [4.69, 9.17) is 5.11 Å². The first-order chi connectivity index (χ1) is 5.04. The molecule has 64 valence electrons. The van der Waals surface area contributed by atoms with Crippen LogP contribution in [0.2, 0.25) is 0 Å². The van der Waals surface area contributed by atoms with Gasteiger partial charge in [-0.25, -0.2) is 0 Å². The van der Waals surface area contributed by atoms with Crippen molar-refractivity contribution in [2.24, 2.45) is 17.3 Å². The Morgan fingerprint density at radius 2 is 2.27 bits per heavy atom. The van der Waals surface area contributed by atoms with Crippen molar-refractivity contribution in [1.82, 2.24) is 0 Å². The molecule has 11 heavy (non-hydrogen) atoms. The molecule has 2 heteroatoms. The zero-order valence-electron chi connectivity index (χ0n) is 7.42. The molecule has 2 unspecified atom stereocenters. The predicted octanol–water partition coefficient (Wildman–Crippen LogP) is 2.14. The third-order valence-electron chi connectivity index (χ3n) is 3.00. The number of carboxylic acid groups (broad SMARTS) is 1. The predicted molar refractivity (Wildman–Crippen MR) is 43.3 cm³/mol. The fourth-order valence-electron chi connectivity index (χ4n) is 2.01. The van der Waals surface area contributed by atoms with Gasteiger partial charge in [0.2, 0.25) is 0 Å². The summed E-state index contributed by atoms with van der Waals surface area (Å²) in [6, 6.07) is 0. The van der Waals surface area contributed by atoms with E-state index in [-0.39, 0.29) is 5.41 Å². The summed E-state index contributed by atoms with van der Waals surface area (Å²) in [4.78, 5) is 10.8. The van der Waals surface area contributed by atoms with Crippen LogP contribution in [0.15, 0.2) is 0 Å². The zero-order valence-corrected chi connectivity index (χ0v) is 7.42. The lowest BCUT2D eigenvalue weighted by Crippen LogP contribution is -2.18. The van der Waals surface area contributed by atoms with Gasteiger partial charge in [-0.15, -0.1) is 0 Å². The summed E-state index contributed by atoms with van der Waals surface area (Å²) >= 11 is 0. The van der Waals surface area contributed by atoms with E-state index in [2.05, 4.69) is 13.8 Å². The molecule has 0 heterocycles. The topological polar surface area (TPSA) is 37.3 Å². The molecular formula is C9H16O2. The van der Waals surface area contributed by atoms with Gasteiger partial charge in [-0.3, -0.25) is 4.79 Å². The van der Waals surface area contributed by atoms with E-state index in [9.17, 15) is 4.79 Å². The van der Waals surface area contributed by atoms with E-state index in [1.165, 1.54) is 0 Å². The summed E-state index contributed by atoms with van der Waals surface area (Å²) < 4.78 is 0. The number of hydrogen-bond acceptors (Lipinski definition) is 1. The summed E-state index contributed by atoms with van der Waals surface area (Å²) in [5.74, 6) is 0.342. The molecule has 0 bridgehead atoms. The number of rotatable bonds is 3. The van der Waals surface area contributed by atoms with E-state index < -0.39 is 5.97 Å². The second-order valence-electron chi connectivity index (χ2n) is 3.87. The molecule has 0 aromatic heterocycles. The Hall–Kier alpha value is -0.530. The Labute approximate surface area is 67.6 Å². The van der Waals surface area contributed by atoms with Gasteiger partial charge in [0, 0.05) is 0 Å². The highest BCUT2D eigenvalue weighted by atomic mass is 16.4. The monoisotopic (exact) mass is 156 g/mol. The minimum absolute atomic E-state index is 0.353. The average molecular weight is 156 g/mol. The highest BCUT2D eigenvalue weighted by Crippen LogP contribution is 2.58. The van der Waals surface area contributed by atoms with E-state index >= 15 is 0 Å². The van der Waals surface area contributed by atoms with Crippen molar-refractivity contribution < 1.29 is 9.90 Å². The third kappa shape index (κ3) is 1.15. The highest BCUT2D eigenvalue weighted by Gasteiger charge is 2.59. The molecular weight excluding hydrogens is 140 g/mol. The van der Waals surface area contributed by atoms with Gasteiger partial charge in [-0.2, -0.15) is 0 Å². The Balaban J connectivity index is 2.64. The van der Waals surface area contributed by atoms with Crippen molar-refractivity contribution in [1.29, 1.82) is 0 Å². The van der Waals surface area contributed by atoms with E-state index in [1.807, 2.05) is 6.92 Å². The second-order valence-corrected chi connectivity index (χ2v) is 3.87. The molecule has 2 atom stereocenters. The quantitative estimate of drug-likeness (QED) is 0.679. The van der Waals surface area contributed by atoms with Gasteiger partial charge in [-0.1, -0.05) is 20.8 Å². The lowest BCUT2D eigenvalue weighted by Gasteiger charge is -2.10. The maximum atomic E-state index is 10.8. The fourth-order valence-corrected chi connectivity index (χ4v) is 2.01. The van der Waals surface area contributed by atoms with E-state index in [0.29, 0.717) is 11.8 Å². The molecule has 0 spiro atoms. The molecule has 0 radical (unpaired) electrons. The van der Waals surface area contributed by atoms with Gasteiger partial charge in [0.25, 0.3) is 0 Å². The molecule has 0 aromatic carbocycles. The van der Waals surface area contributed by atoms with Gasteiger partial charge in [-0.05, 0) is 24.7 Å². The van der Waals surface area contributed by atoms with Crippen LogP contribution in [0, 0.1) is 17.3 Å². The molecule has 1 rings (SSSR count). The summed E-state index contributed by atoms with van der Waals surface area (Å²) in [6.45, 7) is 6.17. The summed E-state index contributed by atoms with van der Waals surface area (Å²) in [6.07, 6.45) is 1.67. The van der Waals surface area contributed by atoms with Crippen LogP contribution < -0.4 is 0 Å². The Kier molecular flexibility index (Phi) is 1.95. The highest BCUT2D eigenvalue weighted by molar-refractivity contribution is 5.78. The van der Waals surface area contributed by atoms with Crippen LogP contribution in [0.1, 0.15) is 33.6 Å². The van der Waals surface area contributed by atoms with Crippen molar-refractivity contribution in [3.63, 3.8) is 0 Å². The lowest BCUT2D eigenvalue weighted by atomic mass is 9.95. The van der Waals surface area contributed by atoms with Crippen molar-refractivity contribution in [3.8, 4) is 0 Å². The van der Waals surface area contributed by atoms with Crippen LogP contribution in [0.5, 0.6) is 0 Å². The summed E-state index contributed by atoms with van der Waals surface area (Å²) in [5, 5.41) is 8.92. The summed E-state index contributed by atoms with van der Waals surface area (Å²) in [5.41, 5.74) is -0.353. The van der Waals surface area contributed by atoms with Crippen molar-refractivity contribution >= 4 is 5.97 Å². The zero-order chi connectivity index (χ0) is 8.65. The number of aliphatic carboxylic acids is 1. The van der Waals surface area contributed by atoms with Crippen LogP contribution in [-0.4, -0.2) is 11.1 Å². The van der Waals surface area contributed by atoms with Gasteiger partial charge in [0.05, 0.1) is 5.41 Å². The molecule has 0 saturated heterocycles.